The van der Waals surface area contributed by atoms with Crippen LogP contribution in [0.4, 0.5) is 8.78 Å². The summed E-state index contributed by atoms with van der Waals surface area (Å²) in [6.45, 7) is 1.48. The zero-order valence-electron chi connectivity index (χ0n) is 7.43. The van der Waals surface area contributed by atoms with Crippen LogP contribution in [-0.4, -0.2) is 11.3 Å². The average molecular weight is 264 g/mol. The summed E-state index contributed by atoms with van der Waals surface area (Å²) in [7, 11) is 0. The maximum Gasteiger partial charge on any atom is 0.280 e. The average Bonchev–Trinajstić information content (AvgIpc) is 2.16. The molecule has 0 aliphatic carbocycles. The largest absolute Gasteiger partial charge is 0.298 e. The second-order valence-corrected chi connectivity index (χ2v) is 3.32. The van der Waals surface area contributed by atoms with Crippen molar-refractivity contribution in [3.05, 3.63) is 28.6 Å². The van der Waals surface area contributed by atoms with Gasteiger partial charge in [0.15, 0.2) is 6.29 Å². The van der Waals surface area contributed by atoms with E-state index < -0.39 is 6.43 Å². The van der Waals surface area contributed by atoms with Crippen LogP contribution in [0, 0.1) is 6.92 Å². The van der Waals surface area contributed by atoms with Crippen molar-refractivity contribution < 1.29 is 13.6 Å². The van der Waals surface area contributed by atoms with Gasteiger partial charge in [-0.05, 0) is 18.1 Å². The molecule has 14 heavy (non-hydrogen) atoms. The number of aromatic nitrogens is 1. The number of hydrogen-bond donors (Lipinski definition) is 0. The Bertz CT molecular complexity index is 355. The molecule has 0 N–H and O–H groups in total. The van der Waals surface area contributed by atoms with Gasteiger partial charge in [-0.15, -0.1) is 0 Å². The minimum absolute atomic E-state index is 0.256. The highest BCUT2D eigenvalue weighted by molar-refractivity contribution is 9.08. The van der Waals surface area contributed by atoms with Crippen molar-refractivity contribution in [2.75, 3.05) is 0 Å². The maximum absolute atomic E-state index is 12.4. The lowest BCUT2D eigenvalue weighted by atomic mass is 10.0. The van der Waals surface area contributed by atoms with Gasteiger partial charge in [-0.25, -0.2) is 8.78 Å². The number of aldehydes is 1. The first-order chi connectivity index (χ1) is 6.61. The Hall–Kier alpha value is -0.840. The predicted molar refractivity (Wildman–Crippen MR) is 51.9 cm³/mol. The van der Waals surface area contributed by atoms with Gasteiger partial charge in [-0.3, -0.25) is 9.78 Å². The normalized spacial score (nSPS) is 10.6. The van der Waals surface area contributed by atoms with Crippen molar-refractivity contribution in [1.82, 2.24) is 4.98 Å². The number of pyridine rings is 1. The van der Waals surface area contributed by atoms with Crippen LogP contribution in [0.1, 0.15) is 33.6 Å². The first-order valence-electron chi connectivity index (χ1n) is 3.89. The molecule has 1 rings (SSSR count). The molecule has 0 amide bonds. The molecule has 0 aromatic carbocycles. The van der Waals surface area contributed by atoms with Crippen LogP contribution in [-0.2, 0) is 5.33 Å². The Morgan fingerprint density at radius 1 is 1.64 bits per heavy atom. The van der Waals surface area contributed by atoms with Gasteiger partial charge in [-0.1, -0.05) is 15.9 Å². The summed E-state index contributed by atoms with van der Waals surface area (Å²) in [6, 6.07) is 0. The first kappa shape index (κ1) is 11.2. The summed E-state index contributed by atoms with van der Waals surface area (Å²) in [6.07, 6.45) is -0.759. The van der Waals surface area contributed by atoms with Gasteiger partial charge >= 0.3 is 0 Å². The molecule has 0 unspecified atom stereocenters. The molecule has 0 saturated heterocycles. The summed E-state index contributed by atoms with van der Waals surface area (Å²) in [5, 5.41) is 0.429. The van der Waals surface area contributed by atoms with Gasteiger partial charge < -0.3 is 0 Å². The summed E-state index contributed by atoms with van der Waals surface area (Å²) in [4.78, 5) is 14.3. The Morgan fingerprint density at radius 3 is 2.71 bits per heavy atom. The highest BCUT2D eigenvalue weighted by Gasteiger charge is 2.16. The van der Waals surface area contributed by atoms with E-state index in [1.807, 2.05) is 0 Å². The highest BCUT2D eigenvalue weighted by Crippen LogP contribution is 2.24. The number of carbonyl (C=O) groups excluding carboxylic acids is 1. The molecule has 1 aromatic heterocycles. The number of halogens is 3. The lowest BCUT2D eigenvalue weighted by molar-refractivity contribution is 0.112. The van der Waals surface area contributed by atoms with Gasteiger partial charge in [0.25, 0.3) is 6.43 Å². The molecule has 76 valence electrons. The van der Waals surface area contributed by atoms with E-state index in [-0.39, 0.29) is 11.3 Å². The molecule has 0 radical (unpaired) electrons. The number of alkyl halides is 3. The zero-order valence-corrected chi connectivity index (χ0v) is 9.01. The molecule has 0 spiro atoms. The Labute approximate surface area is 88.5 Å². The molecule has 0 aliphatic rings. The number of rotatable bonds is 3. The van der Waals surface area contributed by atoms with Crippen LogP contribution in [0.15, 0.2) is 6.20 Å². The van der Waals surface area contributed by atoms with Gasteiger partial charge in [-0.2, -0.15) is 0 Å². The molecule has 1 aromatic rings. The van der Waals surface area contributed by atoms with Crippen LogP contribution in [0.2, 0.25) is 0 Å². The van der Waals surface area contributed by atoms with Crippen molar-refractivity contribution in [2.24, 2.45) is 0 Å². The number of hydrogen-bond acceptors (Lipinski definition) is 2. The second-order valence-electron chi connectivity index (χ2n) is 2.76. The highest BCUT2D eigenvalue weighted by atomic mass is 79.9. The molecular weight excluding hydrogens is 256 g/mol. The smallest absolute Gasteiger partial charge is 0.280 e. The fourth-order valence-corrected chi connectivity index (χ4v) is 1.63. The second kappa shape index (κ2) is 4.59. The molecule has 0 bridgehead atoms. The van der Waals surface area contributed by atoms with E-state index in [9.17, 15) is 13.6 Å². The van der Waals surface area contributed by atoms with E-state index >= 15 is 0 Å². The summed E-state index contributed by atoms with van der Waals surface area (Å²) >= 11 is 3.16. The number of nitrogens with zero attached hydrogens (tertiary/aromatic N) is 1. The molecule has 0 saturated carbocycles. The van der Waals surface area contributed by atoms with E-state index in [4.69, 9.17) is 0 Å². The minimum atomic E-state index is -2.64. The fourth-order valence-electron chi connectivity index (χ4n) is 1.18. The van der Waals surface area contributed by atoms with Crippen molar-refractivity contribution in [1.29, 1.82) is 0 Å². The van der Waals surface area contributed by atoms with Crippen LogP contribution in [0.3, 0.4) is 0 Å². The van der Waals surface area contributed by atoms with E-state index in [2.05, 4.69) is 20.9 Å². The van der Waals surface area contributed by atoms with Crippen molar-refractivity contribution >= 4 is 22.2 Å². The van der Waals surface area contributed by atoms with Gasteiger partial charge in [0, 0.05) is 17.1 Å². The standard InChI is InChI=1S/C9H8BrF2NO/c1-5-7(4-14)6(2-10)3-13-8(5)9(11)12/h3-4,9H,2H2,1H3. The summed E-state index contributed by atoms with van der Waals surface area (Å²) in [5.74, 6) is 0. The Morgan fingerprint density at radius 2 is 2.29 bits per heavy atom. The summed E-state index contributed by atoms with van der Waals surface area (Å²) < 4.78 is 24.8. The van der Waals surface area contributed by atoms with Gasteiger partial charge in [0.1, 0.15) is 5.69 Å². The quantitative estimate of drug-likeness (QED) is 0.620. The molecule has 0 atom stereocenters. The molecule has 5 heteroatoms. The van der Waals surface area contributed by atoms with Gasteiger partial charge in [0.05, 0.1) is 0 Å². The van der Waals surface area contributed by atoms with E-state index in [0.29, 0.717) is 22.7 Å². The lowest BCUT2D eigenvalue weighted by Crippen LogP contribution is -2.02. The zero-order chi connectivity index (χ0) is 10.7. The van der Waals surface area contributed by atoms with Crippen LogP contribution < -0.4 is 0 Å². The van der Waals surface area contributed by atoms with E-state index in [1.165, 1.54) is 13.1 Å². The summed E-state index contributed by atoms with van der Waals surface area (Å²) in [5.41, 5.74) is 0.859. The fraction of sp³-hybridized carbons (Fsp3) is 0.333. The molecule has 0 aliphatic heterocycles. The minimum Gasteiger partial charge on any atom is -0.298 e. The first-order valence-corrected chi connectivity index (χ1v) is 5.01. The third-order valence-corrected chi connectivity index (χ3v) is 2.57. The monoisotopic (exact) mass is 263 g/mol. The Balaban J connectivity index is 3.34. The van der Waals surface area contributed by atoms with Crippen molar-refractivity contribution in [3.8, 4) is 0 Å². The maximum atomic E-state index is 12.4. The van der Waals surface area contributed by atoms with Crippen LogP contribution in [0.5, 0.6) is 0 Å². The molecule has 2 nitrogen and oxygen atoms in total. The van der Waals surface area contributed by atoms with Crippen LogP contribution >= 0.6 is 15.9 Å². The third kappa shape index (κ3) is 1.97. The molecular formula is C9H8BrF2NO. The Kier molecular flexibility index (Phi) is 3.69. The van der Waals surface area contributed by atoms with Crippen molar-refractivity contribution in [3.63, 3.8) is 0 Å². The molecule has 0 fully saturated rings. The lowest BCUT2D eigenvalue weighted by Gasteiger charge is -2.08. The van der Waals surface area contributed by atoms with Crippen LogP contribution in [0.25, 0.3) is 0 Å². The van der Waals surface area contributed by atoms with Crippen molar-refractivity contribution in [2.45, 2.75) is 18.7 Å². The topological polar surface area (TPSA) is 30.0 Å². The SMILES string of the molecule is Cc1c(C(F)F)ncc(CBr)c1C=O. The predicted octanol–water partition coefficient (Wildman–Crippen LogP) is 3.04. The third-order valence-electron chi connectivity index (χ3n) is 1.96. The molecule has 1 heterocycles. The van der Waals surface area contributed by atoms with E-state index in [1.54, 1.807) is 0 Å². The number of carbonyl (C=O) groups is 1. The van der Waals surface area contributed by atoms with Gasteiger partial charge in [0.2, 0.25) is 0 Å². The van der Waals surface area contributed by atoms with E-state index in [0.717, 1.165) is 0 Å².